The van der Waals surface area contributed by atoms with Crippen LogP contribution in [0.3, 0.4) is 0 Å². The molecule has 1 fully saturated rings. The van der Waals surface area contributed by atoms with Gasteiger partial charge in [0.05, 0.1) is 19.9 Å². The second kappa shape index (κ2) is 7.40. The third-order valence-electron chi connectivity index (χ3n) is 3.95. The summed E-state index contributed by atoms with van der Waals surface area (Å²) in [7, 11) is -3.76. The van der Waals surface area contributed by atoms with E-state index in [1.807, 2.05) is 0 Å². The lowest BCUT2D eigenvalue weighted by atomic mass is 10.3. The number of hydrogen-bond acceptors (Lipinski definition) is 5. The van der Waals surface area contributed by atoms with E-state index < -0.39 is 20.6 Å². The number of sulfonamides is 1. The van der Waals surface area contributed by atoms with Crippen LogP contribution in [0.4, 0.5) is 5.69 Å². The molecule has 0 N–H and O–H groups in total. The van der Waals surface area contributed by atoms with Crippen LogP contribution in [0.25, 0.3) is 0 Å². The summed E-state index contributed by atoms with van der Waals surface area (Å²) < 4.78 is 32.0. The van der Waals surface area contributed by atoms with Crippen LogP contribution in [0, 0.1) is 10.1 Å². The second-order valence-corrected chi connectivity index (χ2v) is 8.43. The Balaban J connectivity index is 1.97. The second-order valence-electron chi connectivity index (χ2n) is 5.68. The summed E-state index contributed by atoms with van der Waals surface area (Å²) in [4.78, 5) is 10.6. The topological polar surface area (TPSA) is 89.8 Å². The fraction of sp³-hybridized carbons (Fsp3) is 0.250. The first-order valence-corrected chi connectivity index (χ1v) is 9.90. The van der Waals surface area contributed by atoms with Gasteiger partial charge in [0.2, 0.25) is 15.8 Å². The largest absolute Gasteiger partial charge is 0.450 e. The minimum Gasteiger partial charge on any atom is -0.450 e. The fourth-order valence-corrected chi connectivity index (χ4v) is 4.46. The average Bonchev–Trinajstić information content (AvgIpc) is 3.13. The van der Waals surface area contributed by atoms with Crippen LogP contribution >= 0.6 is 23.2 Å². The van der Waals surface area contributed by atoms with Crippen molar-refractivity contribution < 1.29 is 18.1 Å². The van der Waals surface area contributed by atoms with Crippen LogP contribution in [-0.2, 0) is 10.0 Å². The number of nitro groups is 1. The lowest BCUT2D eigenvalue weighted by molar-refractivity contribution is -0.385. The van der Waals surface area contributed by atoms with E-state index in [-0.39, 0.29) is 21.4 Å². The summed E-state index contributed by atoms with van der Waals surface area (Å²) >= 11 is 11.7. The monoisotopic (exact) mass is 416 g/mol. The molecular formula is C16H14Cl2N2O5S. The Morgan fingerprint density at radius 3 is 2.35 bits per heavy atom. The highest BCUT2D eigenvalue weighted by Crippen LogP contribution is 2.36. The van der Waals surface area contributed by atoms with Gasteiger partial charge < -0.3 is 4.74 Å². The third-order valence-corrected chi connectivity index (χ3v) is 6.58. The van der Waals surface area contributed by atoms with Crippen molar-refractivity contribution >= 4 is 38.9 Å². The van der Waals surface area contributed by atoms with E-state index in [0.29, 0.717) is 18.1 Å². The molecule has 3 rings (SSSR count). The SMILES string of the molecule is O=[N+]([O-])c1cc(S(=O)(=O)N2CCCC2)ccc1Oc1ccc(Cl)c(Cl)c1. The molecule has 0 aromatic heterocycles. The molecule has 1 saturated heterocycles. The molecule has 26 heavy (non-hydrogen) atoms. The quantitative estimate of drug-likeness (QED) is 0.529. The molecule has 2 aromatic rings. The summed E-state index contributed by atoms with van der Waals surface area (Å²) in [5.74, 6) is 0.159. The molecule has 0 radical (unpaired) electrons. The maximum Gasteiger partial charge on any atom is 0.312 e. The van der Waals surface area contributed by atoms with Crippen molar-refractivity contribution in [2.24, 2.45) is 0 Å². The number of ether oxygens (including phenoxy) is 1. The molecule has 0 unspecified atom stereocenters. The predicted molar refractivity (Wildman–Crippen MR) is 97.6 cm³/mol. The Morgan fingerprint density at radius 1 is 1.04 bits per heavy atom. The van der Waals surface area contributed by atoms with Crippen LogP contribution < -0.4 is 4.74 Å². The Bertz CT molecular complexity index is 959. The summed E-state index contributed by atoms with van der Waals surface area (Å²) in [6.45, 7) is 0.829. The zero-order valence-corrected chi connectivity index (χ0v) is 15.7. The number of nitrogens with zero attached hydrogens (tertiary/aromatic N) is 2. The number of benzene rings is 2. The Hall–Kier alpha value is -1.87. The van der Waals surface area contributed by atoms with Crippen molar-refractivity contribution in [3.05, 3.63) is 56.6 Å². The number of nitro benzene ring substituents is 1. The Labute approximate surface area is 160 Å². The zero-order valence-electron chi connectivity index (χ0n) is 13.4. The molecule has 0 amide bonds. The molecule has 0 bridgehead atoms. The van der Waals surface area contributed by atoms with E-state index in [1.165, 1.54) is 34.6 Å². The standard InChI is InChI=1S/C16H14Cl2N2O5S/c17-13-5-3-11(9-14(13)18)25-16-6-4-12(10-15(16)20(21)22)26(23,24)19-7-1-2-8-19/h3-6,9-10H,1-2,7-8H2. The molecule has 0 aliphatic carbocycles. The van der Waals surface area contributed by atoms with Crippen molar-refractivity contribution in [3.8, 4) is 11.5 Å². The van der Waals surface area contributed by atoms with Crippen LogP contribution in [0.15, 0.2) is 41.3 Å². The van der Waals surface area contributed by atoms with Gasteiger partial charge in [0.1, 0.15) is 5.75 Å². The lowest BCUT2D eigenvalue weighted by Gasteiger charge is -2.16. The van der Waals surface area contributed by atoms with Crippen molar-refractivity contribution in [2.75, 3.05) is 13.1 Å². The average molecular weight is 417 g/mol. The molecule has 2 aromatic carbocycles. The first-order valence-electron chi connectivity index (χ1n) is 7.70. The molecule has 0 atom stereocenters. The number of rotatable bonds is 5. The molecule has 1 heterocycles. The molecule has 1 aliphatic heterocycles. The highest BCUT2D eigenvalue weighted by molar-refractivity contribution is 7.89. The van der Waals surface area contributed by atoms with Crippen molar-refractivity contribution in [3.63, 3.8) is 0 Å². The van der Waals surface area contributed by atoms with E-state index in [0.717, 1.165) is 18.9 Å². The van der Waals surface area contributed by atoms with Gasteiger partial charge in [0.15, 0.2) is 0 Å². The summed E-state index contributed by atoms with van der Waals surface area (Å²) in [5, 5.41) is 12.0. The van der Waals surface area contributed by atoms with Gasteiger partial charge in [0.25, 0.3) is 0 Å². The van der Waals surface area contributed by atoms with E-state index in [4.69, 9.17) is 27.9 Å². The van der Waals surface area contributed by atoms with Gasteiger partial charge >= 0.3 is 5.69 Å². The smallest absolute Gasteiger partial charge is 0.312 e. The Kier molecular flexibility index (Phi) is 5.38. The van der Waals surface area contributed by atoms with Gasteiger partial charge in [-0.2, -0.15) is 4.31 Å². The summed E-state index contributed by atoms with van der Waals surface area (Å²) in [6.07, 6.45) is 1.56. The predicted octanol–water partition coefficient (Wildman–Crippen LogP) is 4.48. The van der Waals surface area contributed by atoms with Crippen LogP contribution in [0.1, 0.15) is 12.8 Å². The van der Waals surface area contributed by atoms with Gasteiger partial charge in [-0.3, -0.25) is 10.1 Å². The van der Waals surface area contributed by atoms with Gasteiger partial charge in [0, 0.05) is 25.2 Å². The van der Waals surface area contributed by atoms with Gasteiger partial charge in [-0.05, 0) is 37.1 Å². The van der Waals surface area contributed by atoms with E-state index in [2.05, 4.69) is 0 Å². The van der Waals surface area contributed by atoms with E-state index in [9.17, 15) is 18.5 Å². The normalized spacial score (nSPS) is 15.2. The number of hydrogen-bond donors (Lipinski definition) is 0. The fourth-order valence-electron chi connectivity index (χ4n) is 2.63. The van der Waals surface area contributed by atoms with Crippen LogP contribution in [-0.4, -0.2) is 30.7 Å². The summed E-state index contributed by atoms with van der Waals surface area (Å²) in [6, 6.07) is 8.00. The van der Waals surface area contributed by atoms with Crippen LogP contribution in [0.5, 0.6) is 11.5 Å². The number of halogens is 2. The Morgan fingerprint density at radius 2 is 1.73 bits per heavy atom. The minimum atomic E-state index is -3.76. The molecule has 7 nitrogen and oxygen atoms in total. The van der Waals surface area contributed by atoms with Gasteiger partial charge in [-0.1, -0.05) is 23.2 Å². The molecule has 1 aliphatic rings. The van der Waals surface area contributed by atoms with Gasteiger partial charge in [-0.25, -0.2) is 8.42 Å². The van der Waals surface area contributed by atoms with Crippen molar-refractivity contribution in [1.29, 1.82) is 0 Å². The molecule has 0 spiro atoms. The third kappa shape index (κ3) is 3.78. The first kappa shape index (κ1) is 18.9. The van der Waals surface area contributed by atoms with Crippen LogP contribution in [0.2, 0.25) is 10.0 Å². The molecule has 10 heteroatoms. The lowest BCUT2D eigenvalue weighted by Crippen LogP contribution is -2.27. The highest BCUT2D eigenvalue weighted by atomic mass is 35.5. The van der Waals surface area contributed by atoms with Crippen molar-refractivity contribution in [1.82, 2.24) is 4.31 Å². The maximum atomic E-state index is 12.6. The van der Waals surface area contributed by atoms with Crippen molar-refractivity contribution in [2.45, 2.75) is 17.7 Å². The molecular weight excluding hydrogens is 403 g/mol. The molecule has 138 valence electrons. The zero-order chi connectivity index (χ0) is 18.9. The van der Waals surface area contributed by atoms with E-state index >= 15 is 0 Å². The highest BCUT2D eigenvalue weighted by Gasteiger charge is 2.30. The first-order chi connectivity index (χ1) is 12.3. The van der Waals surface area contributed by atoms with Gasteiger partial charge in [-0.15, -0.1) is 0 Å². The molecule has 0 saturated carbocycles. The summed E-state index contributed by atoms with van der Waals surface area (Å²) in [5.41, 5.74) is -0.448. The van der Waals surface area contributed by atoms with E-state index in [1.54, 1.807) is 0 Å². The minimum absolute atomic E-state index is 0.0891. The maximum absolute atomic E-state index is 12.6.